The summed E-state index contributed by atoms with van der Waals surface area (Å²) < 4.78 is 33.2. The van der Waals surface area contributed by atoms with Gasteiger partial charge in [-0.1, -0.05) is 15.9 Å². The third-order valence-corrected chi connectivity index (χ3v) is 7.39. The van der Waals surface area contributed by atoms with Crippen LogP contribution in [0.3, 0.4) is 0 Å². The maximum atomic E-state index is 12.8. The summed E-state index contributed by atoms with van der Waals surface area (Å²) in [5, 5.41) is 5.47. The van der Waals surface area contributed by atoms with Crippen molar-refractivity contribution in [1.29, 1.82) is 0 Å². The number of carbonyl (C=O) groups is 2. The maximum Gasteiger partial charge on any atom is 0.243 e. The zero-order chi connectivity index (χ0) is 23.3. The molecule has 0 spiro atoms. The molecule has 32 heavy (non-hydrogen) atoms. The van der Waals surface area contributed by atoms with Crippen LogP contribution >= 0.6 is 15.9 Å². The van der Waals surface area contributed by atoms with Crippen LogP contribution in [0.15, 0.2) is 51.8 Å². The molecule has 0 unspecified atom stereocenters. The van der Waals surface area contributed by atoms with E-state index in [0.717, 1.165) is 4.47 Å². The van der Waals surface area contributed by atoms with Gasteiger partial charge < -0.3 is 15.4 Å². The predicted octanol–water partition coefficient (Wildman–Crippen LogP) is 2.36. The van der Waals surface area contributed by atoms with Gasteiger partial charge >= 0.3 is 0 Å². The fourth-order valence-electron chi connectivity index (χ4n) is 3.36. The molecule has 1 heterocycles. The first-order valence-electron chi connectivity index (χ1n) is 9.92. The van der Waals surface area contributed by atoms with Crippen LogP contribution in [0.5, 0.6) is 5.75 Å². The van der Waals surface area contributed by atoms with E-state index in [0.29, 0.717) is 43.3 Å². The number of benzene rings is 2. The molecular formula is C21H25BrN4O5S. The lowest BCUT2D eigenvalue weighted by Crippen LogP contribution is -2.50. The van der Waals surface area contributed by atoms with Crippen LogP contribution in [0.25, 0.3) is 0 Å². The zero-order valence-electron chi connectivity index (χ0n) is 17.8. The van der Waals surface area contributed by atoms with Crippen molar-refractivity contribution in [3.63, 3.8) is 0 Å². The van der Waals surface area contributed by atoms with Crippen LogP contribution in [0.2, 0.25) is 0 Å². The van der Waals surface area contributed by atoms with Crippen molar-refractivity contribution < 1.29 is 22.7 Å². The van der Waals surface area contributed by atoms with Crippen molar-refractivity contribution in [2.45, 2.75) is 11.8 Å². The fraction of sp³-hybridized carbons (Fsp3) is 0.333. The van der Waals surface area contributed by atoms with E-state index in [1.807, 2.05) is 4.90 Å². The zero-order valence-corrected chi connectivity index (χ0v) is 20.2. The van der Waals surface area contributed by atoms with Gasteiger partial charge in [0.15, 0.2) is 0 Å². The van der Waals surface area contributed by atoms with Crippen molar-refractivity contribution in [2.75, 3.05) is 50.5 Å². The molecule has 1 saturated heterocycles. The molecule has 0 saturated carbocycles. The molecule has 11 heteroatoms. The summed E-state index contributed by atoms with van der Waals surface area (Å²) in [6, 6.07) is 11.5. The maximum absolute atomic E-state index is 12.8. The highest BCUT2D eigenvalue weighted by Gasteiger charge is 2.29. The third kappa shape index (κ3) is 6.06. The summed E-state index contributed by atoms with van der Waals surface area (Å²) >= 11 is 3.31. The Bertz CT molecular complexity index is 1080. The molecular weight excluding hydrogens is 500 g/mol. The number of nitrogens with one attached hydrogen (secondary N) is 2. The smallest absolute Gasteiger partial charge is 0.243 e. The van der Waals surface area contributed by atoms with E-state index in [2.05, 4.69) is 26.6 Å². The molecule has 1 aliphatic heterocycles. The van der Waals surface area contributed by atoms with Crippen LogP contribution in [-0.2, 0) is 19.6 Å². The second kappa shape index (κ2) is 10.4. The number of methoxy groups -OCH3 is 1. The minimum absolute atomic E-state index is 0.111. The monoisotopic (exact) mass is 524 g/mol. The number of carbonyl (C=O) groups excluding carboxylic acids is 2. The van der Waals surface area contributed by atoms with E-state index in [-0.39, 0.29) is 23.3 Å². The van der Waals surface area contributed by atoms with E-state index < -0.39 is 10.0 Å². The van der Waals surface area contributed by atoms with Crippen LogP contribution in [0.4, 0.5) is 11.4 Å². The van der Waals surface area contributed by atoms with Crippen molar-refractivity contribution in [3.05, 3.63) is 46.9 Å². The van der Waals surface area contributed by atoms with Crippen LogP contribution < -0.4 is 15.4 Å². The van der Waals surface area contributed by atoms with Gasteiger partial charge in [-0.3, -0.25) is 14.5 Å². The van der Waals surface area contributed by atoms with Gasteiger partial charge in [-0.05, 0) is 42.5 Å². The van der Waals surface area contributed by atoms with Crippen molar-refractivity contribution in [2.24, 2.45) is 0 Å². The molecule has 2 amide bonds. The second-order valence-electron chi connectivity index (χ2n) is 7.28. The topological polar surface area (TPSA) is 108 Å². The molecule has 2 aromatic rings. The summed E-state index contributed by atoms with van der Waals surface area (Å²) in [5.74, 6) is -0.00578. The highest BCUT2D eigenvalue weighted by atomic mass is 79.9. The summed E-state index contributed by atoms with van der Waals surface area (Å²) in [4.78, 5) is 26.0. The number of piperazine rings is 1. The molecule has 0 aromatic heterocycles. The predicted molar refractivity (Wildman–Crippen MR) is 125 cm³/mol. The molecule has 3 rings (SSSR count). The fourth-order valence-corrected chi connectivity index (χ4v) is 5.05. The van der Waals surface area contributed by atoms with E-state index in [4.69, 9.17) is 4.74 Å². The number of amides is 2. The van der Waals surface area contributed by atoms with Crippen LogP contribution in [0.1, 0.15) is 6.92 Å². The third-order valence-electron chi connectivity index (χ3n) is 4.94. The Kier molecular flexibility index (Phi) is 7.88. The quantitative estimate of drug-likeness (QED) is 0.575. The Hall–Kier alpha value is -2.47. The molecule has 172 valence electrons. The largest absolute Gasteiger partial charge is 0.495 e. The average Bonchev–Trinajstić information content (AvgIpc) is 2.74. The Balaban J connectivity index is 1.58. The summed E-state index contributed by atoms with van der Waals surface area (Å²) in [5.41, 5.74) is 0.987. The van der Waals surface area contributed by atoms with Gasteiger partial charge in [0.25, 0.3) is 0 Å². The number of nitrogens with zero attached hydrogens (tertiary/aromatic N) is 2. The van der Waals surface area contributed by atoms with Gasteiger partial charge in [0, 0.05) is 43.3 Å². The SMILES string of the molecule is COc1ccc(NC(C)=O)cc1NC(=O)CN1CCN(S(=O)(=O)c2ccc(Br)cc2)CC1. The van der Waals surface area contributed by atoms with Crippen molar-refractivity contribution in [3.8, 4) is 5.75 Å². The number of hydrogen-bond acceptors (Lipinski definition) is 6. The normalized spacial score (nSPS) is 15.2. The van der Waals surface area contributed by atoms with E-state index >= 15 is 0 Å². The first kappa shape index (κ1) is 24.2. The number of ether oxygens (including phenoxy) is 1. The summed E-state index contributed by atoms with van der Waals surface area (Å²) in [7, 11) is -2.07. The summed E-state index contributed by atoms with van der Waals surface area (Å²) in [6.45, 7) is 2.98. The highest BCUT2D eigenvalue weighted by Crippen LogP contribution is 2.28. The summed E-state index contributed by atoms with van der Waals surface area (Å²) in [6.07, 6.45) is 0. The van der Waals surface area contributed by atoms with E-state index in [1.54, 1.807) is 42.5 Å². The minimum Gasteiger partial charge on any atom is -0.495 e. The van der Waals surface area contributed by atoms with Gasteiger partial charge in [0.1, 0.15) is 5.75 Å². The van der Waals surface area contributed by atoms with Crippen molar-refractivity contribution >= 4 is 49.1 Å². The Morgan fingerprint density at radius 1 is 1.03 bits per heavy atom. The molecule has 0 aliphatic carbocycles. The lowest BCUT2D eigenvalue weighted by Gasteiger charge is -2.33. The molecule has 2 N–H and O–H groups in total. The lowest BCUT2D eigenvalue weighted by atomic mass is 10.2. The van der Waals surface area contributed by atoms with Gasteiger partial charge in [-0.15, -0.1) is 0 Å². The molecule has 0 atom stereocenters. The van der Waals surface area contributed by atoms with Gasteiger partial charge in [0.2, 0.25) is 21.8 Å². The number of halogens is 1. The lowest BCUT2D eigenvalue weighted by molar-refractivity contribution is -0.117. The number of rotatable bonds is 7. The second-order valence-corrected chi connectivity index (χ2v) is 10.1. The van der Waals surface area contributed by atoms with Crippen molar-refractivity contribution in [1.82, 2.24) is 9.21 Å². The number of anilines is 2. The Morgan fingerprint density at radius 3 is 2.28 bits per heavy atom. The van der Waals surface area contributed by atoms with Gasteiger partial charge in [0.05, 0.1) is 24.2 Å². The molecule has 9 nitrogen and oxygen atoms in total. The van der Waals surface area contributed by atoms with Gasteiger partial charge in [-0.2, -0.15) is 4.31 Å². The average molecular weight is 525 g/mol. The molecule has 0 bridgehead atoms. The van der Waals surface area contributed by atoms with Crippen LogP contribution in [-0.4, -0.2) is 69.3 Å². The van der Waals surface area contributed by atoms with Crippen LogP contribution in [0, 0.1) is 0 Å². The molecule has 1 fully saturated rings. The Labute approximate surface area is 195 Å². The molecule has 1 aliphatic rings. The van der Waals surface area contributed by atoms with E-state index in [9.17, 15) is 18.0 Å². The first-order chi connectivity index (χ1) is 15.2. The molecule has 0 radical (unpaired) electrons. The number of sulfonamides is 1. The van der Waals surface area contributed by atoms with E-state index in [1.165, 1.54) is 18.3 Å². The van der Waals surface area contributed by atoms with Gasteiger partial charge in [-0.25, -0.2) is 8.42 Å². The Morgan fingerprint density at radius 2 is 1.69 bits per heavy atom. The molecule has 2 aromatic carbocycles. The first-order valence-corrected chi connectivity index (χ1v) is 12.2. The standard InChI is InChI=1S/C21H25BrN4O5S/c1-15(27)23-17-5-8-20(31-2)19(13-17)24-21(28)14-25-9-11-26(12-10-25)32(29,30)18-6-3-16(22)4-7-18/h3-8,13H,9-12,14H2,1-2H3,(H,23,27)(H,24,28). The minimum atomic E-state index is -3.57. The highest BCUT2D eigenvalue weighted by molar-refractivity contribution is 9.10. The number of hydrogen-bond donors (Lipinski definition) is 2.